The Labute approximate surface area is 400 Å². The van der Waals surface area contributed by atoms with E-state index in [4.69, 9.17) is 0 Å². The van der Waals surface area contributed by atoms with Gasteiger partial charge in [-0.1, -0.05) is 221 Å². The van der Waals surface area contributed by atoms with E-state index in [0.717, 1.165) is 29.0 Å². The van der Waals surface area contributed by atoms with Crippen LogP contribution in [0.4, 0.5) is 17.1 Å². The molecule has 322 valence electrons. The van der Waals surface area contributed by atoms with Crippen molar-refractivity contribution in [3.05, 3.63) is 287 Å². The molecule has 1 heteroatoms. The first-order valence-corrected chi connectivity index (χ1v) is 23.9. The van der Waals surface area contributed by atoms with Crippen LogP contribution in [0.15, 0.2) is 237 Å². The minimum Gasteiger partial charge on any atom is -0.310 e. The van der Waals surface area contributed by atoms with Gasteiger partial charge in [0.1, 0.15) is 0 Å². The van der Waals surface area contributed by atoms with Gasteiger partial charge in [0, 0.05) is 22.5 Å². The van der Waals surface area contributed by atoms with E-state index in [1.54, 1.807) is 0 Å². The number of nitrogens with zero attached hydrogens (tertiary/aromatic N) is 1. The van der Waals surface area contributed by atoms with Crippen LogP contribution in [0.1, 0.15) is 63.9 Å². The molecule has 3 aliphatic carbocycles. The van der Waals surface area contributed by atoms with E-state index < -0.39 is 5.41 Å². The van der Waals surface area contributed by atoms with Crippen LogP contribution in [-0.2, 0) is 17.3 Å². The smallest absolute Gasteiger partial charge is 0.0726 e. The molecule has 1 spiro atoms. The number of benzene rings is 10. The second-order valence-electron chi connectivity index (χ2n) is 19.2. The van der Waals surface area contributed by atoms with Crippen molar-refractivity contribution in [1.29, 1.82) is 0 Å². The molecule has 0 unspecified atom stereocenters. The number of anilines is 3. The third-order valence-corrected chi connectivity index (χ3v) is 15.4. The first-order valence-electron chi connectivity index (χ1n) is 23.9. The summed E-state index contributed by atoms with van der Waals surface area (Å²) in [5, 5.41) is 0. The molecular weight excluding hydrogens is 819 g/mol. The lowest BCUT2D eigenvalue weighted by Gasteiger charge is -2.33. The van der Waals surface area contributed by atoms with E-state index in [9.17, 15) is 0 Å². The number of fused-ring (bicyclic) bond motifs is 13. The normalized spacial score (nSPS) is 13.8. The van der Waals surface area contributed by atoms with E-state index in [0.29, 0.717) is 0 Å². The Kier molecular flexibility index (Phi) is 9.07. The summed E-state index contributed by atoms with van der Waals surface area (Å²) in [5.41, 5.74) is 27.2. The second kappa shape index (κ2) is 15.4. The Balaban J connectivity index is 1.04. The minimum absolute atomic E-state index is 0.162. The third kappa shape index (κ3) is 5.82. The van der Waals surface area contributed by atoms with Crippen LogP contribution in [0.3, 0.4) is 0 Å². The molecule has 10 aromatic rings. The lowest BCUT2D eigenvalue weighted by atomic mass is 9.70. The molecule has 0 amide bonds. The standard InChI is InChI=1S/C67H49N/c1-4-44-20-8-10-24-51(44)52-25-11-9-23-46(52)40-47-34-35-48(41-59(47)45-21-6-5-7-22-45)68(49-36-38-57-53-26-12-16-30-60(53)66(2,3)64(57)42-49)50-37-39-58-56-29-15-19-33-63(56)67(65(58)43-50)61-31-17-13-27-54(61)55-28-14-18-32-62(55)67/h4-39,41-43H,1,40H2,2-3H3. The average molecular weight is 868 g/mol. The first-order chi connectivity index (χ1) is 33.4. The zero-order chi connectivity index (χ0) is 45.6. The minimum atomic E-state index is -0.459. The SMILES string of the molecule is C=Cc1ccccc1-c1ccccc1Cc1ccc(N(c2ccc3c(c2)C(C)(C)c2ccccc2-3)c2ccc3c(c2)C2(c4ccccc4-c4ccccc42)c2ccccc2-3)cc1-c1ccccc1. The van der Waals surface area contributed by atoms with Gasteiger partial charge in [0.15, 0.2) is 0 Å². The van der Waals surface area contributed by atoms with E-state index in [-0.39, 0.29) is 5.41 Å². The highest BCUT2D eigenvalue weighted by molar-refractivity contribution is 5.97. The Morgan fingerprint density at radius 1 is 0.353 bits per heavy atom. The zero-order valence-corrected chi connectivity index (χ0v) is 38.4. The van der Waals surface area contributed by atoms with Crippen molar-refractivity contribution in [2.75, 3.05) is 4.90 Å². The summed E-state index contributed by atoms with van der Waals surface area (Å²) in [6.07, 6.45) is 2.74. The maximum atomic E-state index is 4.16. The highest BCUT2D eigenvalue weighted by atomic mass is 15.1. The molecular formula is C67H49N. The topological polar surface area (TPSA) is 3.24 Å². The largest absolute Gasteiger partial charge is 0.310 e. The molecule has 0 atom stereocenters. The maximum Gasteiger partial charge on any atom is 0.0726 e. The number of hydrogen-bond donors (Lipinski definition) is 0. The average Bonchev–Trinajstić information content (AvgIpc) is 3.95. The van der Waals surface area contributed by atoms with E-state index >= 15 is 0 Å². The summed E-state index contributed by atoms with van der Waals surface area (Å²) in [7, 11) is 0. The van der Waals surface area contributed by atoms with Gasteiger partial charge in [0.05, 0.1) is 5.41 Å². The van der Waals surface area contributed by atoms with Crippen molar-refractivity contribution in [2.45, 2.75) is 31.1 Å². The quantitative estimate of drug-likeness (QED) is 0.147. The molecule has 68 heavy (non-hydrogen) atoms. The van der Waals surface area contributed by atoms with Gasteiger partial charge in [-0.3, -0.25) is 0 Å². The van der Waals surface area contributed by atoms with E-state index in [1.165, 1.54) is 100 Å². The highest BCUT2D eigenvalue weighted by Crippen LogP contribution is 2.63. The Bertz CT molecular complexity index is 3600. The van der Waals surface area contributed by atoms with Gasteiger partial charge in [-0.2, -0.15) is 0 Å². The number of hydrogen-bond acceptors (Lipinski definition) is 1. The molecule has 3 aliphatic rings. The fourth-order valence-electron chi connectivity index (χ4n) is 12.3. The zero-order valence-electron chi connectivity index (χ0n) is 38.4. The van der Waals surface area contributed by atoms with E-state index in [1.807, 2.05) is 6.08 Å². The summed E-state index contributed by atoms with van der Waals surface area (Å²) in [6, 6.07) is 86.2. The van der Waals surface area contributed by atoms with Crippen LogP contribution in [0.25, 0.3) is 61.7 Å². The molecule has 0 N–H and O–H groups in total. The maximum absolute atomic E-state index is 4.16. The molecule has 0 aliphatic heterocycles. The predicted octanol–water partition coefficient (Wildman–Crippen LogP) is 17.4. The van der Waals surface area contributed by atoms with Crippen LogP contribution < -0.4 is 4.90 Å². The van der Waals surface area contributed by atoms with Gasteiger partial charge < -0.3 is 4.90 Å². The monoisotopic (exact) mass is 867 g/mol. The Morgan fingerprint density at radius 2 is 0.779 bits per heavy atom. The molecule has 10 aromatic carbocycles. The van der Waals surface area contributed by atoms with Crippen LogP contribution >= 0.6 is 0 Å². The summed E-state index contributed by atoms with van der Waals surface area (Å²) >= 11 is 0. The molecule has 0 saturated heterocycles. The van der Waals surface area contributed by atoms with Gasteiger partial charge in [0.25, 0.3) is 0 Å². The van der Waals surface area contributed by atoms with Crippen LogP contribution in [0.5, 0.6) is 0 Å². The Hall–Kier alpha value is -8.26. The Morgan fingerprint density at radius 3 is 1.40 bits per heavy atom. The van der Waals surface area contributed by atoms with Gasteiger partial charge >= 0.3 is 0 Å². The summed E-state index contributed by atoms with van der Waals surface area (Å²) in [4.78, 5) is 2.52. The molecule has 0 fully saturated rings. The van der Waals surface area contributed by atoms with Crippen molar-refractivity contribution in [1.82, 2.24) is 0 Å². The van der Waals surface area contributed by atoms with Gasteiger partial charge in [-0.25, -0.2) is 0 Å². The summed E-state index contributed by atoms with van der Waals surface area (Å²) in [5.74, 6) is 0. The molecule has 0 saturated carbocycles. The molecule has 0 bridgehead atoms. The molecule has 0 heterocycles. The van der Waals surface area contributed by atoms with E-state index in [2.05, 4.69) is 256 Å². The van der Waals surface area contributed by atoms with Crippen molar-refractivity contribution in [3.8, 4) is 55.6 Å². The van der Waals surface area contributed by atoms with Gasteiger partial charge in [0.2, 0.25) is 0 Å². The third-order valence-electron chi connectivity index (χ3n) is 15.4. The molecule has 1 nitrogen and oxygen atoms in total. The first kappa shape index (κ1) is 40.1. The lowest BCUT2D eigenvalue weighted by Crippen LogP contribution is -2.26. The summed E-state index contributed by atoms with van der Waals surface area (Å²) < 4.78 is 0. The van der Waals surface area contributed by atoms with Crippen molar-refractivity contribution in [2.24, 2.45) is 0 Å². The van der Waals surface area contributed by atoms with Crippen LogP contribution in [0, 0.1) is 0 Å². The van der Waals surface area contributed by atoms with Crippen molar-refractivity contribution >= 4 is 23.1 Å². The van der Waals surface area contributed by atoms with Crippen molar-refractivity contribution in [3.63, 3.8) is 0 Å². The number of rotatable bonds is 8. The molecule has 13 rings (SSSR count). The second-order valence-corrected chi connectivity index (χ2v) is 19.2. The van der Waals surface area contributed by atoms with Crippen molar-refractivity contribution < 1.29 is 0 Å². The fraction of sp³-hybridized carbons (Fsp3) is 0.0746. The fourth-order valence-corrected chi connectivity index (χ4v) is 12.3. The predicted molar refractivity (Wildman–Crippen MR) is 285 cm³/mol. The highest BCUT2D eigenvalue weighted by Gasteiger charge is 2.51. The molecule has 0 radical (unpaired) electrons. The lowest BCUT2D eigenvalue weighted by molar-refractivity contribution is 0.660. The summed E-state index contributed by atoms with van der Waals surface area (Å²) in [6.45, 7) is 8.92. The van der Waals surface area contributed by atoms with Crippen LogP contribution in [0.2, 0.25) is 0 Å². The molecule has 0 aromatic heterocycles. The van der Waals surface area contributed by atoms with Gasteiger partial charge in [-0.15, -0.1) is 0 Å². The van der Waals surface area contributed by atoms with Gasteiger partial charge in [-0.05, 0) is 149 Å². The van der Waals surface area contributed by atoms with Crippen LogP contribution in [-0.4, -0.2) is 0 Å².